The molecule has 0 bridgehead atoms. The Morgan fingerprint density at radius 1 is 1.00 bits per heavy atom. The summed E-state index contributed by atoms with van der Waals surface area (Å²) in [7, 11) is 0. The van der Waals surface area contributed by atoms with Gasteiger partial charge in [-0.2, -0.15) is 0 Å². The maximum atomic E-state index is 11.2. The zero-order valence-electron chi connectivity index (χ0n) is 22.5. The summed E-state index contributed by atoms with van der Waals surface area (Å²) in [6.45, 7) is 13.5. The van der Waals surface area contributed by atoms with Crippen molar-refractivity contribution in [2.75, 3.05) is 6.61 Å². The van der Waals surface area contributed by atoms with Crippen molar-refractivity contribution in [1.29, 1.82) is 0 Å². The lowest BCUT2D eigenvalue weighted by Crippen LogP contribution is -2.53. The average Bonchev–Trinajstić information content (AvgIpc) is 3.12. The topological polar surface area (TPSA) is 46.5 Å². The van der Waals surface area contributed by atoms with E-state index in [-0.39, 0.29) is 11.9 Å². The Hall–Kier alpha value is -0.570. The van der Waals surface area contributed by atoms with Crippen LogP contribution in [-0.4, -0.2) is 23.3 Å². The van der Waals surface area contributed by atoms with Gasteiger partial charge in [0.2, 0.25) is 0 Å². The van der Waals surface area contributed by atoms with E-state index in [1.165, 1.54) is 71.1 Å². The molecule has 1 N–H and O–H groups in total. The molecule has 0 heterocycles. The molecule has 0 saturated heterocycles. The normalized spacial score (nSPS) is 44.0. The van der Waals surface area contributed by atoms with E-state index in [2.05, 4.69) is 20.8 Å². The minimum atomic E-state index is -0.783. The molecule has 4 rings (SSSR count). The molecule has 4 aliphatic rings. The van der Waals surface area contributed by atoms with Gasteiger partial charge < -0.3 is 9.84 Å². The fourth-order valence-corrected chi connectivity index (χ4v) is 9.66. The molecule has 0 radical (unpaired) electrons. The first kappa shape index (κ1) is 25.5. The smallest absolute Gasteiger partial charge is 0.302 e. The zero-order valence-corrected chi connectivity index (χ0v) is 22.5. The Morgan fingerprint density at radius 2 is 1.73 bits per heavy atom. The average molecular weight is 461 g/mol. The molecular weight excluding hydrogens is 408 g/mol. The Kier molecular flexibility index (Phi) is 7.33. The highest BCUT2D eigenvalue weighted by molar-refractivity contribution is 5.65. The van der Waals surface area contributed by atoms with Gasteiger partial charge in [-0.25, -0.2) is 0 Å². The SMILES string of the molecule is CC(=O)OCC(C)[C@](C)(O)CC[C@@H](C)[C@H]1CC[C@H]2[C@@H]3CCC4CCCC[C@]4(C)[C@H]3CC[C@]12C. The number of rotatable bonds is 7. The Bertz CT molecular complexity index is 701. The van der Waals surface area contributed by atoms with Crippen molar-refractivity contribution in [3.8, 4) is 0 Å². The van der Waals surface area contributed by atoms with Crippen LogP contribution in [0.2, 0.25) is 0 Å². The second kappa shape index (κ2) is 9.47. The van der Waals surface area contributed by atoms with Crippen molar-refractivity contribution in [3.05, 3.63) is 0 Å². The van der Waals surface area contributed by atoms with Gasteiger partial charge in [-0.3, -0.25) is 4.79 Å². The van der Waals surface area contributed by atoms with Crippen molar-refractivity contribution >= 4 is 5.97 Å². The third-order valence-electron chi connectivity index (χ3n) is 12.0. The molecule has 4 aliphatic carbocycles. The Labute approximate surface area is 203 Å². The van der Waals surface area contributed by atoms with Crippen molar-refractivity contribution in [3.63, 3.8) is 0 Å². The zero-order chi connectivity index (χ0) is 24.0. The summed E-state index contributed by atoms with van der Waals surface area (Å²) in [6.07, 6.45) is 16.5. The molecular formula is C30H52O3. The maximum absolute atomic E-state index is 11.2. The van der Waals surface area contributed by atoms with E-state index in [0.717, 1.165) is 42.4 Å². The first-order valence-corrected chi connectivity index (χ1v) is 14.3. The van der Waals surface area contributed by atoms with Gasteiger partial charge in [-0.15, -0.1) is 0 Å². The summed E-state index contributed by atoms with van der Waals surface area (Å²) in [5.74, 6) is 5.00. The van der Waals surface area contributed by atoms with Crippen LogP contribution in [0.4, 0.5) is 0 Å². The molecule has 0 aromatic rings. The molecule has 0 spiro atoms. The van der Waals surface area contributed by atoms with Gasteiger partial charge in [0.05, 0.1) is 12.2 Å². The number of ether oxygens (including phenoxy) is 1. The predicted molar refractivity (Wildman–Crippen MR) is 135 cm³/mol. The van der Waals surface area contributed by atoms with Gasteiger partial charge in [0, 0.05) is 12.8 Å². The first-order valence-electron chi connectivity index (χ1n) is 14.3. The van der Waals surface area contributed by atoms with Crippen LogP contribution in [0.25, 0.3) is 0 Å². The summed E-state index contributed by atoms with van der Waals surface area (Å²) < 4.78 is 5.18. The van der Waals surface area contributed by atoms with Gasteiger partial charge >= 0.3 is 5.97 Å². The Morgan fingerprint density at radius 3 is 2.45 bits per heavy atom. The molecule has 0 aliphatic heterocycles. The molecule has 190 valence electrons. The highest BCUT2D eigenvalue weighted by atomic mass is 16.5. The summed E-state index contributed by atoms with van der Waals surface area (Å²) in [4.78, 5) is 11.2. The second-order valence-electron chi connectivity index (χ2n) is 13.7. The summed E-state index contributed by atoms with van der Waals surface area (Å²) in [5, 5.41) is 11.1. The predicted octanol–water partition coefficient (Wildman–Crippen LogP) is 7.40. The van der Waals surface area contributed by atoms with E-state index >= 15 is 0 Å². The van der Waals surface area contributed by atoms with E-state index in [4.69, 9.17) is 4.74 Å². The van der Waals surface area contributed by atoms with E-state index in [0.29, 0.717) is 23.4 Å². The quantitative estimate of drug-likeness (QED) is 0.403. The molecule has 0 amide bonds. The maximum Gasteiger partial charge on any atom is 0.302 e. The van der Waals surface area contributed by atoms with Gasteiger partial charge in [0.15, 0.2) is 0 Å². The second-order valence-corrected chi connectivity index (χ2v) is 13.7. The van der Waals surface area contributed by atoms with Crippen LogP contribution in [0, 0.1) is 52.3 Å². The number of esters is 1. The van der Waals surface area contributed by atoms with Crippen molar-refractivity contribution in [2.24, 2.45) is 52.3 Å². The molecule has 3 heteroatoms. The van der Waals surface area contributed by atoms with Gasteiger partial charge in [0.25, 0.3) is 0 Å². The van der Waals surface area contributed by atoms with Crippen LogP contribution < -0.4 is 0 Å². The Balaban J connectivity index is 1.39. The highest BCUT2D eigenvalue weighted by Crippen LogP contribution is 2.68. The van der Waals surface area contributed by atoms with E-state index in [1.807, 2.05) is 13.8 Å². The first-order chi connectivity index (χ1) is 15.5. The highest BCUT2D eigenvalue weighted by Gasteiger charge is 2.60. The third kappa shape index (κ3) is 4.66. The minimum absolute atomic E-state index is 0.0395. The lowest BCUT2D eigenvalue weighted by atomic mass is 9.44. The number of fused-ring (bicyclic) bond motifs is 5. The van der Waals surface area contributed by atoms with E-state index in [1.54, 1.807) is 0 Å². The summed E-state index contributed by atoms with van der Waals surface area (Å²) in [6, 6.07) is 0. The number of hydrogen-bond acceptors (Lipinski definition) is 3. The minimum Gasteiger partial charge on any atom is -0.465 e. The molecule has 4 fully saturated rings. The van der Waals surface area contributed by atoms with Crippen molar-refractivity contribution in [2.45, 2.75) is 124 Å². The summed E-state index contributed by atoms with van der Waals surface area (Å²) in [5.41, 5.74) is 0.338. The van der Waals surface area contributed by atoms with Crippen LogP contribution >= 0.6 is 0 Å². The number of aliphatic hydroxyl groups is 1. The standard InChI is InChI=1S/C30H52O3/c1-20(14-18-30(6,32)21(2)19-33-22(3)31)25-12-13-26-24-11-10-23-9-7-8-16-28(23,4)27(24)15-17-29(25,26)5/h20-21,23-27,32H,7-19H2,1-6H3/t20-,21?,23?,24+,25-,26+,27+,28+,29-,30-/m1/s1. The largest absolute Gasteiger partial charge is 0.465 e. The molecule has 33 heavy (non-hydrogen) atoms. The van der Waals surface area contributed by atoms with Crippen molar-refractivity contribution < 1.29 is 14.6 Å². The van der Waals surface area contributed by atoms with Crippen molar-refractivity contribution in [1.82, 2.24) is 0 Å². The monoisotopic (exact) mass is 460 g/mol. The molecule has 0 aromatic carbocycles. The van der Waals surface area contributed by atoms with Gasteiger partial charge in [0.1, 0.15) is 0 Å². The van der Waals surface area contributed by atoms with Crippen LogP contribution in [0.15, 0.2) is 0 Å². The van der Waals surface area contributed by atoms with Crippen LogP contribution in [-0.2, 0) is 9.53 Å². The lowest BCUT2D eigenvalue weighted by molar-refractivity contribution is -0.145. The molecule has 10 atom stereocenters. The number of carbonyl (C=O) groups is 1. The van der Waals surface area contributed by atoms with E-state index < -0.39 is 5.60 Å². The summed E-state index contributed by atoms with van der Waals surface area (Å²) >= 11 is 0. The lowest BCUT2D eigenvalue weighted by Gasteiger charge is -2.61. The van der Waals surface area contributed by atoms with Gasteiger partial charge in [-0.1, -0.05) is 40.5 Å². The third-order valence-corrected chi connectivity index (χ3v) is 12.0. The molecule has 3 nitrogen and oxygen atoms in total. The van der Waals surface area contributed by atoms with Crippen LogP contribution in [0.5, 0.6) is 0 Å². The number of hydrogen-bond donors (Lipinski definition) is 1. The van der Waals surface area contributed by atoms with Gasteiger partial charge in [-0.05, 0) is 117 Å². The van der Waals surface area contributed by atoms with Crippen LogP contribution in [0.3, 0.4) is 0 Å². The molecule has 4 saturated carbocycles. The molecule has 2 unspecified atom stereocenters. The molecule has 0 aromatic heterocycles. The number of carbonyl (C=O) groups excluding carboxylic acids is 1. The van der Waals surface area contributed by atoms with E-state index in [9.17, 15) is 9.90 Å². The fraction of sp³-hybridized carbons (Fsp3) is 0.967. The van der Waals surface area contributed by atoms with Crippen LogP contribution in [0.1, 0.15) is 119 Å². The fourth-order valence-electron chi connectivity index (χ4n) is 9.66.